The molecule has 0 radical (unpaired) electrons. The van der Waals surface area contributed by atoms with E-state index in [1.165, 1.54) is 13.0 Å². The lowest BCUT2D eigenvalue weighted by molar-refractivity contribution is -0.605. The molecule has 1 aromatic carbocycles. The largest absolute Gasteiger partial charge is 0.618 e. The van der Waals surface area contributed by atoms with Crippen LogP contribution in [0.15, 0.2) is 24.4 Å². The molecule has 182 valence electrons. The maximum atomic E-state index is 14.5. The van der Waals surface area contributed by atoms with E-state index in [1.54, 1.807) is 0 Å². The van der Waals surface area contributed by atoms with Crippen molar-refractivity contribution in [2.45, 2.75) is 37.6 Å². The van der Waals surface area contributed by atoms with Gasteiger partial charge in [0.1, 0.15) is 11.9 Å². The van der Waals surface area contributed by atoms with Crippen LogP contribution >= 0.6 is 0 Å². The van der Waals surface area contributed by atoms with Crippen LogP contribution in [0.2, 0.25) is 0 Å². The second-order valence-corrected chi connectivity index (χ2v) is 8.23. The highest BCUT2D eigenvalue weighted by molar-refractivity contribution is 6.02. The van der Waals surface area contributed by atoms with E-state index in [2.05, 4.69) is 9.97 Å². The third kappa shape index (κ3) is 3.33. The van der Waals surface area contributed by atoms with Crippen LogP contribution < -0.4 is 15.2 Å². The topological polar surface area (TPSA) is 124 Å². The van der Waals surface area contributed by atoms with Gasteiger partial charge in [-0.2, -0.15) is 22.3 Å². The molecule has 4 rings (SSSR count). The van der Waals surface area contributed by atoms with Gasteiger partial charge in [0, 0.05) is 23.5 Å². The van der Waals surface area contributed by atoms with E-state index < -0.39 is 52.9 Å². The zero-order valence-electron chi connectivity index (χ0n) is 18.1. The van der Waals surface area contributed by atoms with Crippen LogP contribution in [0.1, 0.15) is 43.0 Å². The number of nitrogens with one attached hydrogen (secondary N) is 2. The first-order valence-electron chi connectivity index (χ1n) is 10.0. The van der Waals surface area contributed by atoms with Gasteiger partial charge >= 0.3 is 6.18 Å². The average Bonchev–Trinajstić information content (AvgIpc) is 3.29. The number of ether oxygens (including phenoxy) is 2. The Morgan fingerprint density at radius 2 is 2.00 bits per heavy atom. The lowest BCUT2D eigenvalue weighted by Gasteiger charge is -2.32. The molecule has 4 atom stereocenters. The van der Waals surface area contributed by atoms with Crippen LogP contribution in [0.25, 0.3) is 11.0 Å². The number of H-pyrrole nitrogens is 1. The Labute approximate surface area is 189 Å². The molecule has 0 bridgehead atoms. The van der Waals surface area contributed by atoms with Crippen molar-refractivity contribution in [3.8, 4) is 5.75 Å². The van der Waals surface area contributed by atoms with Gasteiger partial charge in [-0.25, -0.2) is 9.37 Å². The van der Waals surface area contributed by atoms with Crippen molar-refractivity contribution in [1.29, 1.82) is 5.41 Å². The number of fused-ring (bicyclic) bond motifs is 1. The maximum Gasteiger partial charge on any atom is 0.417 e. The Balaban J connectivity index is 1.96. The third-order valence-corrected chi connectivity index (χ3v) is 6.41. The Hall–Kier alpha value is -3.48. The fourth-order valence-corrected chi connectivity index (χ4v) is 4.46. The molecule has 0 spiro atoms. The smallest absolute Gasteiger partial charge is 0.417 e. The van der Waals surface area contributed by atoms with Crippen molar-refractivity contribution in [3.63, 3.8) is 0 Å². The molecule has 13 heteroatoms. The number of imidazole rings is 1. The number of rotatable bonds is 4. The second kappa shape index (κ2) is 7.79. The first kappa shape index (κ1) is 23.7. The molecule has 8 nitrogen and oxygen atoms in total. The minimum absolute atomic E-state index is 0.0435. The molecule has 3 heterocycles. The molecule has 1 saturated heterocycles. The van der Waals surface area contributed by atoms with Crippen LogP contribution in [0.3, 0.4) is 0 Å². The van der Waals surface area contributed by atoms with Crippen molar-refractivity contribution in [2.24, 2.45) is 11.7 Å². The predicted molar refractivity (Wildman–Crippen MR) is 109 cm³/mol. The highest BCUT2D eigenvalue weighted by atomic mass is 19.4. The summed E-state index contributed by atoms with van der Waals surface area (Å²) in [6.07, 6.45) is -5.18. The maximum absolute atomic E-state index is 14.5. The summed E-state index contributed by atoms with van der Waals surface area (Å²) in [4.78, 5) is 7.05. The highest BCUT2D eigenvalue weighted by Crippen LogP contribution is 2.59. The molecule has 0 saturated carbocycles. The summed E-state index contributed by atoms with van der Waals surface area (Å²) in [7, 11) is 1.08. The number of pyridine rings is 1. The van der Waals surface area contributed by atoms with E-state index in [9.17, 15) is 27.2 Å². The van der Waals surface area contributed by atoms with E-state index >= 15 is 0 Å². The summed E-state index contributed by atoms with van der Waals surface area (Å²) in [5, 5.41) is 19.8. The molecule has 0 aliphatic carbocycles. The van der Waals surface area contributed by atoms with Gasteiger partial charge in [0.05, 0.1) is 12.6 Å². The number of hydrogen-bond acceptors (Lipinski definition) is 5. The molecular weight excluding hydrogens is 465 g/mol. The zero-order valence-corrected chi connectivity index (χ0v) is 18.1. The van der Waals surface area contributed by atoms with Crippen LogP contribution in [0.4, 0.5) is 22.0 Å². The van der Waals surface area contributed by atoms with Crippen LogP contribution in [-0.4, -0.2) is 34.7 Å². The van der Waals surface area contributed by atoms with E-state index in [4.69, 9.17) is 20.6 Å². The Morgan fingerprint density at radius 1 is 1.32 bits per heavy atom. The summed E-state index contributed by atoms with van der Waals surface area (Å²) in [6, 6.07) is 3.26. The Kier molecular flexibility index (Phi) is 5.42. The van der Waals surface area contributed by atoms with E-state index in [1.807, 2.05) is 0 Å². The first-order chi connectivity index (χ1) is 15.8. The van der Waals surface area contributed by atoms with Gasteiger partial charge in [0.15, 0.2) is 34.7 Å². The predicted octanol–water partition coefficient (Wildman–Crippen LogP) is 3.58. The van der Waals surface area contributed by atoms with Gasteiger partial charge in [-0.1, -0.05) is 13.0 Å². The number of aromatic nitrogens is 3. The molecule has 1 aliphatic heterocycles. The number of alkyl halides is 3. The van der Waals surface area contributed by atoms with E-state index in [0.717, 1.165) is 32.4 Å². The van der Waals surface area contributed by atoms with Gasteiger partial charge in [0.25, 0.3) is 5.69 Å². The van der Waals surface area contributed by atoms with E-state index in [0.29, 0.717) is 4.73 Å². The number of nitrogens with two attached hydrogens (primary N) is 1. The fourth-order valence-electron chi connectivity index (χ4n) is 4.46. The molecule has 4 N–H and O–H groups in total. The molecule has 1 fully saturated rings. The quantitative estimate of drug-likeness (QED) is 0.171. The first-order valence-corrected chi connectivity index (χ1v) is 10.0. The number of methoxy groups -OCH3 is 1. The van der Waals surface area contributed by atoms with Gasteiger partial charge < -0.3 is 25.4 Å². The minimum atomic E-state index is -4.82. The molecule has 0 unspecified atom stereocenters. The monoisotopic (exact) mass is 485 g/mol. The number of aromatic amines is 1. The zero-order chi connectivity index (χ0) is 25.2. The van der Waals surface area contributed by atoms with Crippen LogP contribution in [-0.2, 0) is 4.74 Å². The van der Waals surface area contributed by atoms with Crippen molar-refractivity contribution in [3.05, 3.63) is 58.3 Å². The lowest BCUT2D eigenvalue weighted by atomic mass is 9.77. The highest BCUT2D eigenvalue weighted by Gasteiger charge is 2.65. The van der Waals surface area contributed by atoms with Gasteiger partial charge in [-0.3, -0.25) is 5.41 Å². The molecule has 2 aromatic heterocycles. The number of nitrogens with zero attached hydrogens (tertiary/aromatic N) is 2. The number of amidine groups is 1. The molecule has 3 aromatic rings. The van der Waals surface area contributed by atoms with Gasteiger partial charge in [-0.05, 0) is 13.0 Å². The van der Waals surface area contributed by atoms with Crippen molar-refractivity contribution in [2.75, 3.05) is 7.11 Å². The average molecular weight is 485 g/mol. The molecule has 34 heavy (non-hydrogen) atoms. The summed E-state index contributed by atoms with van der Waals surface area (Å²) >= 11 is 0. The lowest BCUT2D eigenvalue weighted by Crippen LogP contribution is -2.46. The van der Waals surface area contributed by atoms with Gasteiger partial charge in [0.2, 0.25) is 5.82 Å². The summed E-state index contributed by atoms with van der Waals surface area (Å²) < 4.78 is 81.5. The third-order valence-electron chi connectivity index (χ3n) is 6.41. The fraction of sp³-hybridized carbons (Fsp3) is 0.381. The standard InChI is InChI=1S/C21H20F5N5O3/c1-8-12(9-4-5-10(22)13(23)16(9)33-3)17(34-20(8,2)21(24,25)26)19-29-11-6-7-31(32)15(18(27)28)14(11)30-19/h4-8,12,17H,1-3H3,(H3,27,28)(H,29,30)/t8-,12-,17+,20+/m0/s1. The summed E-state index contributed by atoms with van der Waals surface area (Å²) in [6.45, 7) is 2.15. The number of nitrogen functional groups attached to an aromatic ring is 1. The Morgan fingerprint density at radius 3 is 2.59 bits per heavy atom. The van der Waals surface area contributed by atoms with Crippen LogP contribution in [0, 0.1) is 28.2 Å². The molecular formula is C21H20F5N5O3. The second-order valence-electron chi connectivity index (χ2n) is 8.23. The number of halogens is 5. The molecule has 1 aliphatic rings. The van der Waals surface area contributed by atoms with Crippen molar-refractivity contribution < 1.29 is 36.2 Å². The van der Waals surface area contributed by atoms with Crippen LogP contribution in [0.5, 0.6) is 5.75 Å². The normalized spacial score (nSPS) is 25.1. The SMILES string of the molecule is COc1c([C@H]2[C@H](c3nc4c(C(=N)N)[n+]([O-])ccc4[nH]3)O[C@@](C)(C(F)(F)F)[C@H]2C)ccc(F)c1F. The van der Waals surface area contributed by atoms with Gasteiger partial charge in [-0.15, -0.1) is 0 Å². The number of benzene rings is 1. The van der Waals surface area contributed by atoms with Crippen molar-refractivity contribution in [1.82, 2.24) is 9.97 Å². The number of hydrogen-bond donors (Lipinski definition) is 3. The molecule has 0 amide bonds. The summed E-state index contributed by atoms with van der Waals surface area (Å²) in [5.74, 6) is -6.30. The Bertz CT molecular complexity index is 1290. The minimum Gasteiger partial charge on any atom is -0.618 e. The van der Waals surface area contributed by atoms with E-state index in [-0.39, 0.29) is 28.1 Å². The van der Waals surface area contributed by atoms with Crippen molar-refractivity contribution >= 4 is 16.9 Å². The summed E-state index contributed by atoms with van der Waals surface area (Å²) in [5.41, 5.74) is 2.64.